The van der Waals surface area contributed by atoms with Crippen molar-refractivity contribution < 1.29 is 18.3 Å². The molecular formula is C10H11F2NO3. The Morgan fingerprint density at radius 1 is 1.56 bits per heavy atom. The number of hydrogen-bond donors (Lipinski definition) is 1. The summed E-state index contributed by atoms with van der Waals surface area (Å²) in [6.45, 7) is 1.38. The highest BCUT2D eigenvalue weighted by atomic mass is 19.3. The molecular weight excluding hydrogens is 220 g/mol. The molecule has 0 saturated carbocycles. The van der Waals surface area contributed by atoms with Gasteiger partial charge in [0.15, 0.2) is 0 Å². The first-order valence-corrected chi connectivity index (χ1v) is 4.53. The van der Waals surface area contributed by atoms with Gasteiger partial charge in [-0.25, -0.2) is 8.78 Å². The van der Waals surface area contributed by atoms with E-state index in [0.717, 1.165) is 0 Å². The summed E-state index contributed by atoms with van der Waals surface area (Å²) in [6.07, 6.45) is -1.75. The summed E-state index contributed by atoms with van der Waals surface area (Å²) < 4.78 is 29.5. The standard InChI is InChI=1S/C10H11F2NO3/c1-5-6(3-7(14)16-2)4-13-10(15)8(5)9(11)12/h4,9H,3H2,1-2H3,(H,13,15). The van der Waals surface area contributed by atoms with Gasteiger partial charge in [0.25, 0.3) is 12.0 Å². The van der Waals surface area contributed by atoms with Crippen LogP contribution in [0.25, 0.3) is 0 Å². The molecule has 0 spiro atoms. The van der Waals surface area contributed by atoms with Crippen molar-refractivity contribution in [2.45, 2.75) is 19.8 Å². The number of esters is 1. The number of halogens is 2. The Balaban J connectivity index is 3.19. The number of nitrogens with one attached hydrogen (secondary N) is 1. The van der Waals surface area contributed by atoms with Crippen LogP contribution in [-0.4, -0.2) is 18.1 Å². The highest BCUT2D eigenvalue weighted by Crippen LogP contribution is 2.20. The first-order chi connectivity index (χ1) is 7.47. The van der Waals surface area contributed by atoms with E-state index in [-0.39, 0.29) is 12.0 Å². The van der Waals surface area contributed by atoms with E-state index >= 15 is 0 Å². The van der Waals surface area contributed by atoms with Crippen LogP contribution in [0.15, 0.2) is 11.0 Å². The van der Waals surface area contributed by atoms with E-state index in [9.17, 15) is 18.4 Å². The van der Waals surface area contributed by atoms with Crippen molar-refractivity contribution in [3.05, 3.63) is 33.2 Å². The number of carbonyl (C=O) groups is 1. The van der Waals surface area contributed by atoms with Crippen molar-refractivity contribution in [3.8, 4) is 0 Å². The van der Waals surface area contributed by atoms with Gasteiger partial charge in [-0.3, -0.25) is 9.59 Å². The molecule has 88 valence electrons. The number of hydrogen-bond acceptors (Lipinski definition) is 3. The van der Waals surface area contributed by atoms with E-state index in [2.05, 4.69) is 9.72 Å². The summed E-state index contributed by atoms with van der Waals surface area (Å²) in [5, 5.41) is 0. The van der Waals surface area contributed by atoms with Crippen LogP contribution in [0.1, 0.15) is 23.1 Å². The fourth-order valence-corrected chi connectivity index (χ4v) is 1.36. The number of rotatable bonds is 3. The fraction of sp³-hybridized carbons (Fsp3) is 0.400. The highest BCUT2D eigenvalue weighted by molar-refractivity contribution is 5.72. The van der Waals surface area contributed by atoms with E-state index in [1.807, 2.05) is 0 Å². The molecule has 0 aliphatic carbocycles. The van der Waals surface area contributed by atoms with E-state index in [1.54, 1.807) is 0 Å². The average Bonchev–Trinajstić information content (AvgIpc) is 2.21. The molecule has 0 bridgehead atoms. The molecule has 0 aromatic carbocycles. The minimum absolute atomic E-state index is 0.129. The monoisotopic (exact) mass is 231 g/mol. The van der Waals surface area contributed by atoms with Gasteiger partial charge in [-0.2, -0.15) is 0 Å². The molecule has 0 aliphatic heterocycles. The molecule has 1 heterocycles. The van der Waals surface area contributed by atoms with Crippen molar-refractivity contribution in [1.29, 1.82) is 0 Å². The SMILES string of the molecule is COC(=O)Cc1c[nH]c(=O)c(C(F)F)c1C. The molecule has 1 N–H and O–H groups in total. The van der Waals surface area contributed by atoms with Gasteiger partial charge in [-0.05, 0) is 18.1 Å². The summed E-state index contributed by atoms with van der Waals surface area (Å²) in [5.74, 6) is -0.546. The average molecular weight is 231 g/mol. The molecule has 0 fully saturated rings. The molecule has 0 atom stereocenters. The predicted molar refractivity (Wildman–Crippen MR) is 52.5 cm³/mol. The maximum atomic E-state index is 12.6. The van der Waals surface area contributed by atoms with Crippen LogP contribution in [0.3, 0.4) is 0 Å². The summed E-state index contributed by atoms with van der Waals surface area (Å²) in [7, 11) is 1.21. The summed E-state index contributed by atoms with van der Waals surface area (Å²) in [5.41, 5.74) is -0.964. The Bertz CT molecular complexity index is 454. The number of aromatic nitrogens is 1. The van der Waals surface area contributed by atoms with Gasteiger partial charge in [0.1, 0.15) is 0 Å². The van der Waals surface area contributed by atoms with Gasteiger partial charge in [0.2, 0.25) is 0 Å². The molecule has 0 unspecified atom stereocenters. The Morgan fingerprint density at radius 3 is 2.69 bits per heavy atom. The molecule has 16 heavy (non-hydrogen) atoms. The lowest BCUT2D eigenvalue weighted by molar-refractivity contribution is -0.139. The number of carbonyl (C=O) groups excluding carboxylic acids is 1. The lowest BCUT2D eigenvalue weighted by Gasteiger charge is -2.08. The molecule has 0 radical (unpaired) electrons. The van der Waals surface area contributed by atoms with Gasteiger partial charge in [0.05, 0.1) is 19.1 Å². The summed E-state index contributed by atoms with van der Waals surface area (Å²) in [4.78, 5) is 24.3. The number of aromatic amines is 1. The van der Waals surface area contributed by atoms with E-state index < -0.39 is 23.5 Å². The Morgan fingerprint density at radius 2 is 2.19 bits per heavy atom. The maximum Gasteiger partial charge on any atom is 0.310 e. The van der Waals surface area contributed by atoms with Gasteiger partial charge in [0, 0.05) is 6.20 Å². The van der Waals surface area contributed by atoms with Crippen LogP contribution in [0.2, 0.25) is 0 Å². The fourth-order valence-electron chi connectivity index (χ4n) is 1.36. The quantitative estimate of drug-likeness (QED) is 0.798. The summed E-state index contributed by atoms with van der Waals surface area (Å²) in [6, 6.07) is 0. The van der Waals surface area contributed by atoms with Crippen molar-refractivity contribution in [2.24, 2.45) is 0 Å². The van der Waals surface area contributed by atoms with Crippen molar-refractivity contribution >= 4 is 5.97 Å². The smallest absolute Gasteiger partial charge is 0.310 e. The topological polar surface area (TPSA) is 59.2 Å². The van der Waals surface area contributed by atoms with Crippen LogP contribution >= 0.6 is 0 Å². The molecule has 1 rings (SSSR count). The molecule has 0 aliphatic rings. The zero-order valence-corrected chi connectivity index (χ0v) is 8.84. The van der Waals surface area contributed by atoms with E-state index in [1.165, 1.54) is 20.2 Å². The Hall–Kier alpha value is -1.72. The van der Waals surface area contributed by atoms with Crippen molar-refractivity contribution in [1.82, 2.24) is 4.98 Å². The first kappa shape index (κ1) is 12.4. The number of methoxy groups -OCH3 is 1. The second-order valence-electron chi connectivity index (χ2n) is 3.24. The van der Waals surface area contributed by atoms with Crippen LogP contribution in [0, 0.1) is 6.92 Å². The first-order valence-electron chi connectivity index (χ1n) is 4.53. The largest absolute Gasteiger partial charge is 0.469 e. The number of alkyl halides is 2. The zero-order chi connectivity index (χ0) is 12.3. The van der Waals surface area contributed by atoms with Crippen LogP contribution in [0.4, 0.5) is 8.78 Å². The lowest BCUT2D eigenvalue weighted by Crippen LogP contribution is -2.18. The van der Waals surface area contributed by atoms with Gasteiger partial charge in [-0.15, -0.1) is 0 Å². The second kappa shape index (κ2) is 4.87. The second-order valence-corrected chi connectivity index (χ2v) is 3.24. The number of pyridine rings is 1. The normalized spacial score (nSPS) is 10.6. The van der Waals surface area contributed by atoms with Crippen molar-refractivity contribution in [3.63, 3.8) is 0 Å². The predicted octanol–water partition coefficient (Wildman–Crippen LogP) is 1.34. The van der Waals surface area contributed by atoms with Crippen LogP contribution < -0.4 is 5.56 Å². The summed E-state index contributed by atoms with van der Waals surface area (Å²) >= 11 is 0. The third-order valence-corrected chi connectivity index (χ3v) is 2.29. The third-order valence-electron chi connectivity index (χ3n) is 2.29. The van der Waals surface area contributed by atoms with Gasteiger partial charge >= 0.3 is 5.97 Å². The van der Waals surface area contributed by atoms with E-state index in [4.69, 9.17) is 0 Å². The minimum atomic E-state index is -2.86. The maximum absolute atomic E-state index is 12.6. The molecule has 0 saturated heterocycles. The Kier molecular flexibility index (Phi) is 3.76. The van der Waals surface area contributed by atoms with Crippen LogP contribution in [-0.2, 0) is 16.0 Å². The van der Waals surface area contributed by atoms with Gasteiger partial charge < -0.3 is 9.72 Å². The van der Waals surface area contributed by atoms with Crippen LogP contribution in [0.5, 0.6) is 0 Å². The molecule has 1 aromatic rings. The molecule has 0 amide bonds. The third kappa shape index (κ3) is 2.44. The molecule has 6 heteroatoms. The van der Waals surface area contributed by atoms with Gasteiger partial charge in [-0.1, -0.05) is 0 Å². The molecule has 4 nitrogen and oxygen atoms in total. The lowest BCUT2D eigenvalue weighted by atomic mass is 10.0. The zero-order valence-electron chi connectivity index (χ0n) is 8.84. The number of H-pyrrole nitrogens is 1. The minimum Gasteiger partial charge on any atom is -0.469 e. The Labute approximate surface area is 90.2 Å². The number of ether oxygens (including phenoxy) is 1. The van der Waals surface area contributed by atoms with Crippen molar-refractivity contribution in [2.75, 3.05) is 7.11 Å². The van der Waals surface area contributed by atoms with E-state index in [0.29, 0.717) is 5.56 Å². The highest BCUT2D eigenvalue weighted by Gasteiger charge is 2.18. The molecule has 1 aromatic heterocycles.